The van der Waals surface area contributed by atoms with Crippen molar-refractivity contribution in [3.63, 3.8) is 0 Å². The Labute approximate surface area is 130 Å². The summed E-state index contributed by atoms with van der Waals surface area (Å²) in [6.45, 7) is 6.57. The quantitative estimate of drug-likeness (QED) is 0.748. The number of hydrogen-bond acceptors (Lipinski definition) is 4. The molecule has 0 aliphatic heterocycles. The average molecular weight is 304 g/mol. The number of carbonyl (C=O) groups excluding carboxylic acids is 1. The highest BCUT2D eigenvalue weighted by Crippen LogP contribution is 2.58. The summed E-state index contributed by atoms with van der Waals surface area (Å²) in [6.07, 6.45) is 10.4. The van der Waals surface area contributed by atoms with Crippen LogP contribution >= 0.6 is 12.2 Å². The number of ketones is 1. The molecule has 0 radical (unpaired) electrons. The number of imidazole rings is 1. The Kier molecular flexibility index (Phi) is 3.28. The Bertz CT molecular complexity index is 606. The Hall–Kier alpha value is -1.49. The maximum atomic E-state index is 11.8. The Morgan fingerprint density at radius 2 is 2.24 bits per heavy atom. The summed E-state index contributed by atoms with van der Waals surface area (Å²) in [5.74, 6) is 0.501. The maximum absolute atomic E-state index is 11.8. The lowest BCUT2D eigenvalue weighted by molar-refractivity contribution is -0.118. The molecule has 0 bridgehead atoms. The summed E-state index contributed by atoms with van der Waals surface area (Å²) in [4.78, 5) is 15.8. The maximum Gasteiger partial charge on any atom is 0.269 e. The van der Waals surface area contributed by atoms with Crippen molar-refractivity contribution in [3.8, 4) is 0 Å². The molecule has 0 amide bonds. The highest BCUT2D eigenvalue weighted by Gasteiger charge is 2.57. The molecule has 0 spiro atoms. The van der Waals surface area contributed by atoms with Crippen LogP contribution in [0.25, 0.3) is 0 Å². The molecule has 0 N–H and O–H groups in total. The van der Waals surface area contributed by atoms with Crippen LogP contribution in [0.2, 0.25) is 0 Å². The van der Waals surface area contributed by atoms with E-state index in [9.17, 15) is 4.79 Å². The predicted molar refractivity (Wildman–Crippen MR) is 83.9 cm³/mol. The SMILES string of the molecule is CC1(C)[C@@H](OC(=S)n2ccnc2)C[C@]2(C)C=CC(=O)C[C@H]12. The van der Waals surface area contributed by atoms with Gasteiger partial charge in [-0.1, -0.05) is 26.8 Å². The molecule has 0 saturated heterocycles. The van der Waals surface area contributed by atoms with E-state index in [1.165, 1.54) is 0 Å². The fourth-order valence-electron chi connectivity index (χ4n) is 3.86. The van der Waals surface area contributed by atoms with Gasteiger partial charge in [-0.05, 0) is 36.0 Å². The summed E-state index contributed by atoms with van der Waals surface area (Å²) in [7, 11) is 0. The molecular weight excluding hydrogens is 284 g/mol. The number of carbonyl (C=O) groups is 1. The monoisotopic (exact) mass is 304 g/mol. The molecule has 1 fully saturated rings. The number of hydrogen-bond donors (Lipinski definition) is 0. The fraction of sp³-hybridized carbons (Fsp3) is 0.562. The topological polar surface area (TPSA) is 44.1 Å². The second kappa shape index (κ2) is 4.77. The van der Waals surface area contributed by atoms with Gasteiger partial charge in [0, 0.05) is 24.2 Å². The van der Waals surface area contributed by atoms with Crippen molar-refractivity contribution in [1.82, 2.24) is 9.55 Å². The van der Waals surface area contributed by atoms with E-state index in [0.29, 0.717) is 11.6 Å². The van der Waals surface area contributed by atoms with Crippen LogP contribution in [0.3, 0.4) is 0 Å². The van der Waals surface area contributed by atoms with Crippen molar-refractivity contribution in [1.29, 1.82) is 0 Å². The highest BCUT2D eigenvalue weighted by molar-refractivity contribution is 7.80. The van der Waals surface area contributed by atoms with Crippen LogP contribution in [0.15, 0.2) is 30.9 Å². The number of aromatic nitrogens is 2. The van der Waals surface area contributed by atoms with E-state index < -0.39 is 0 Å². The lowest BCUT2D eigenvalue weighted by atomic mass is 9.66. The molecule has 0 aromatic carbocycles. The minimum atomic E-state index is -0.0974. The van der Waals surface area contributed by atoms with E-state index in [0.717, 1.165) is 6.42 Å². The van der Waals surface area contributed by atoms with Gasteiger partial charge in [-0.15, -0.1) is 0 Å². The summed E-state index contributed by atoms with van der Waals surface area (Å²) < 4.78 is 7.78. The van der Waals surface area contributed by atoms with Crippen LogP contribution in [-0.2, 0) is 9.53 Å². The van der Waals surface area contributed by atoms with Gasteiger partial charge < -0.3 is 4.74 Å². The van der Waals surface area contributed by atoms with Crippen LogP contribution < -0.4 is 0 Å². The molecule has 1 saturated carbocycles. The van der Waals surface area contributed by atoms with Gasteiger partial charge >= 0.3 is 0 Å². The first-order chi connectivity index (χ1) is 9.83. The Morgan fingerprint density at radius 1 is 1.48 bits per heavy atom. The zero-order valence-corrected chi connectivity index (χ0v) is 13.4. The van der Waals surface area contributed by atoms with E-state index in [2.05, 4.69) is 31.8 Å². The van der Waals surface area contributed by atoms with Gasteiger partial charge in [0.15, 0.2) is 5.78 Å². The third-order valence-corrected chi connectivity index (χ3v) is 5.47. The molecule has 2 aliphatic carbocycles. The molecule has 112 valence electrons. The first kappa shape index (κ1) is 14.4. The van der Waals surface area contributed by atoms with E-state index in [-0.39, 0.29) is 28.6 Å². The van der Waals surface area contributed by atoms with Gasteiger partial charge in [-0.25, -0.2) is 4.98 Å². The second-order valence-corrected chi connectivity index (χ2v) is 7.28. The van der Waals surface area contributed by atoms with Crippen molar-refractivity contribution in [3.05, 3.63) is 30.9 Å². The zero-order chi connectivity index (χ0) is 15.3. The molecule has 3 atom stereocenters. The first-order valence-electron chi connectivity index (χ1n) is 7.24. The second-order valence-electron chi connectivity index (χ2n) is 6.93. The van der Waals surface area contributed by atoms with Crippen LogP contribution in [0.1, 0.15) is 33.6 Å². The molecule has 21 heavy (non-hydrogen) atoms. The lowest BCUT2D eigenvalue weighted by Gasteiger charge is -2.38. The lowest BCUT2D eigenvalue weighted by Crippen LogP contribution is -2.37. The number of nitrogens with zero attached hydrogens (tertiary/aromatic N) is 2. The average Bonchev–Trinajstić information content (AvgIpc) is 3.00. The number of thiocarbonyl (C=S) groups is 1. The van der Waals surface area contributed by atoms with E-state index in [1.54, 1.807) is 29.4 Å². The predicted octanol–water partition coefficient (Wildman–Crippen LogP) is 2.98. The molecule has 4 nitrogen and oxygen atoms in total. The largest absolute Gasteiger partial charge is 0.466 e. The number of fused-ring (bicyclic) bond motifs is 1. The Balaban J connectivity index is 1.83. The molecule has 3 rings (SSSR count). The standard InChI is InChI=1S/C16H20N2O2S/c1-15(2)12-8-11(19)4-5-16(12,3)9-13(15)20-14(21)18-7-6-17-10-18/h4-7,10,12-13H,8-9H2,1-3H3/t12-,13+,16+/m1/s1. The third-order valence-electron chi connectivity index (χ3n) is 5.16. The summed E-state index contributed by atoms with van der Waals surface area (Å²) in [6, 6.07) is 0. The number of allylic oxidation sites excluding steroid dienone is 2. The van der Waals surface area contributed by atoms with Crippen LogP contribution in [-0.4, -0.2) is 26.6 Å². The number of ether oxygens (including phenoxy) is 1. The molecule has 1 heterocycles. The van der Waals surface area contributed by atoms with E-state index >= 15 is 0 Å². The molecule has 5 heteroatoms. The van der Waals surface area contributed by atoms with Crippen molar-refractivity contribution < 1.29 is 9.53 Å². The summed E-state index contributed by atoms with van der Waals surface area (Å²) in [5.41, 5.74) is -0.0908. The van der Waals surface area contributed by atoms with E-state index in [1.807, 2.05) is 0 Å². The minimum absolute atomic E-state index is 0.00190. The van der Waals surface area contributed by atoms with Crippen molar-refractivity contribution in [2.24, 2.45) is 16.7 Å². The molecule has 1 aromatic rings. The third kappa shape index (κ3) is 2.33. The van der Waals surface area contributed by atoms with Gasteiger partial charge in [0.1, 0.15) is 12.4 Å². The van der Waals surface area contributed by atoms with Gasteiger partial charge in [0.2, 0.25) is 0 Å². The van der Waals surface area contributed by atoms with Gasteiger partial charge in [-0.2, -0.15) is 0 Å². The van der Waals surface area contributed by atoms with Gasteiger partial charge in [0.25, 0.3) is 5.17 Å². The van der Waals surface area contributed by atoms with Crippen molar-refractivity contribution in [2.75, 3.05) is 0 Å². The molecule has 2 aliphatic rings. The fourth-order valence-corrected chi connectivity index (χ4v) is 4.08. The summed E-state index contributed by atoms with van der Waals surface area (Å²) in [5, 5.41) is 0.420. The molecule has 1 aromatic heterocycles. The van der Waals surface area contributed by atoms with Crippen molar-refractivity contribution >= 4 is 23.2 Å². The summed E-state index contributed by atoms with van der Waals surface area (Å²) >= 11 is 5.35. The van der Waals surface area contributed by atoms with E-state index in [4.69, 9.17) is 17.0 Å². The first-order valence-corrected chi connectivity index (χ1v) is 7.65. The molecule has 0 unspecified atom stereocenters. The molecular formula is C16H20N2O2S. The highest BCUT2D eigenvalue weighted by atomic mass is 32.1. The zero-order valence-electron chi connectivity index (χ0n) is 12.6. The minimum Gasteiger partial charge on any atom is -0.466 e. The van der Waals surface area contributed by atoms with Crippen LogP contribution in [0.4, 0.5) is 0 Å². The number of rotatable bonds is 1. The smallest absolute Gasteiger partial charge is 0.269 e. The van der Waals surface area contributed by atoms with Crippen LogP contribution in [0, 0.1) is 16.7 Å². The Morgan fingerprint density at radius 3 is 2.90 bits per heavy atom. The van der Waals surface area contributed by atoms with Crippen molar-refractivity contribution in [2.45, 2.75) is 39.7 Å². The normalized spacial score (nSPS) is 33.8. The van der Waals surface area contributed by atoms with Gasteiger partial charge in [0.05, 0.1) is 0 Å². The van der Waals surface area contributed by atoms with Crippen LogP contribution in [0.5, 0.6) is 0 Å². The van der Waals surface area contributed by atoms with Gasteiger partial charge in [-0.3, -0.25) is 9.36 Å².